The maximum absolute atomic E-state index is 13.1. The second kappa shape index (κ2) is 7.84. The van der Waals surface area contributed by atoms with Crippen molar-refractivity contribution in [1.29, 1.82) is 0 Å². The van der Waals surface area contributed by atoms with Gasteiger partial charge < -0.3 is 5.11 Å². The van der Waals surface area contributed by atoms with E-state index in [9.17, 15) is 9.59 Å². The van der Waals surface area contributed by atoms with Crippen molar-refractivity contribution in [2.45, 2.75) is 6.92 Å². The molecule has 0 saturated carbocycles. The molecule has 4 nitrogen and oxygen atoms in total. The lowest BCUT2D eigenvalue weighted by Crippen LogP contribution is -2.31. The van der Waals surface area contributed by atoms with E-state index in [0.717, 1.165) is 22.2 Å². The molecule has 0 saturated heterocycles. The first kappa shape index (κ1) is 19.0. The number of rotatable bonds is 5. The molecular weight excluding hydrogens is 393 g/mol. The molecule has 1 heterocycles. The minimum atomic E-state index is -0.440. The number of hydrogen-bond donors (Lipinski definition) is 1. The van der Waals surface area contributed by atoms with Gasteiger partial charge in [0.2, 0.25) is 0 Å². The molecule has 0 unspecified atom stereocenters. The molecule has 26 heavy (non-hydrogen) atoms. The molecule has 2 aromatic carbocycles. The van der Waals surface area contributed by atoms with Crippen LogP contribution in [0.5, 0.6) is 0 Å². The van der Waals surface area contributed by atoms with Crippen LogP contribution < -0.4 is 4.90 Å². The highest BCUT2D eigenvalue weighted by Gasteiger charge is 2.40. The molecule has 2 amide bonds. The van der Waals surface area contributed by atoms with Crippen LogP contribution in [-0.4, -0.2) is 29.3 Å². The van der Waals surface area contributed by atoms with Crippen molar-refractivity contribution < 1.29 is 14.7 Å². The Morgan fingerprint density at radius 2 is 1.85 bits per heavy atom. The number of anilines is 1. The van der Waals surface area contributed by atoms with Crippen molar-refractivity contribution >= 4 is 58.0 Å². The molecular formula is C19H15Cl2NO3S. The molecule has 0 aliphatic carbocycles. The zero-order chi connectivity index (χ0) is 18.8. The number of aryl methyl sites for hydroxylation is 1. The lowest BCUT2D eigenvalue weighted by atomic mass is 10.1. The summed E-state index contributed by atoms with van der Waals surface area (Å²) in [6.45, 7) is 1.78. The number of amides is 2. The molecule has 0 atom stereocenters. The van der Waals surface area contributed by atoms with Gasteiger partial charge in [-0.25, -0.2) is 4.90 Å². The van der Waals surface area contributed by atoms with E-state index < -0.39 is 11.8 Å². The number of carbonyl (C=O) groups excluding carboxylic acids is 2. The smallest absolute Gasteiger partial charge is 0.272 e. The fraction of sp³-hybridized carbons (Fsp3) is 0.158. The Morgan fingerprint density at radius 1 is 1.08 bits per heavy atom. The molecule has 3 rings (SSSR count). The molecule has 1 aliphatic rings. The molecule has 7 heteroatoms. The highest BCUT2D eigenvalue weighted by molar-refractivity contribution is 8.04. The summed E-state index contributed by atoms with van der Waals surface area (Å²) in [5.74, 6) is -0.560. The largest absolute Gasteiger partial charge is 0.396 e. The number of hydrogen-bond acceptors (Lipinski definition) is 4. The first-order valence-electron chi connectivity index (χ1n) is 7.83. The van der Waals surface area contributed by atoms with Crippen molar-refractivity contribution in [1.82, 2.24) is 0 Å². The molecule has 0 spiro atoms. The fourth-order valence-corrected chi connectivity index (χ4v) is 4.08. The zero-order valence-corrected chi connectivity index (χ0v) is 16.2. The van der Waals surface area contributed by atoms with Gasteiger partial charge in [0.1, 0.15) is 0 Å². The van der Waals surface area contributed by atoms with E-state index in [-0.39, 0.29) is 17.1 Å². The number of aliphatic hydroxyl groups excluding tert-OH is 1. The predicted molar refractivity (Wildman–Crippen MR) is 107 cm³/mol. The van der Waals surface area contributed by atoms with Gasteiger partial charge in [0, 0.05) is 16.3 Å². The van der Waals surface area contributed by atoms with Gasteiger partial charge in [-0.3, -0.25) is 9.59 Å². The summed E-state index contributed by atoms with van der Waals surface area (Å²) >= 11 is 13.4. The Kier molecular flexibility index (Phi) is 5.73. The van der Waals surface area contributed by atoms with Crippen LogP contribution in [0.15, 0.2) is 47.4 Å². The van der Waals surface area contributed by atoms with Gasteiger partial charge in [0.25, 0.3) is 11.8 Å². The van der Waals surface area contributed by atoms with Crippen LogP contribution in [0.3, 0.4) is 0 Å². The second-order valence-corrected chi connectivity index (χ2v) is 7.63. The third-order valence-electron chi connectivity index (χ3n) is 3.84. The lowest BCUT2D eigenvalue weighted by molar-refractivity contribution is -0.119. The first-order valence-corrected chi connectivity index (χ1v) is 9.57. The standard InChI is InChI=1S/C19H15Cl2NO3S/c1-11-3-2-4-13(9-11)22-18(24)16(17(19(22)25)26-8-7-23)14-6-5-12(20)10-15(14)21/h2-6,9-10,23H,7-8H2,1H3. The van der Waals surface area contributed by atoms with E-state index in [2.05, 4.69) is 0 Å². The monoisotopic (exact) mass is 407 g/mol. The van der Waals surface area contributed by atoms with Gasteiger partial charge in [0.15, 0.2) is 0 Å². The third kappa shape index (κ3) is 3.53. The predicted octanol–water partition coefficient (Wildman–Crippen LogP) is 4.31. The Morgan fingerprint density at radius 3 is 2.50 bits per heavy atom. The molecule has 0 fully saturated rings. The van der Waals surface area contributed by atoms with Crippen molar-refractivity contribution in [3.63, 3.8) is 0 Å². The molecule has 2 aromatic rings. The van der Waals surface area contributed by atoms with Crippen LogP contribution in [0.25, 0.3) is 5.57 Å². The second-order valence-electron chi connectivity index (χ2n) is 5.69. The summed E-state index contributed by atoms with van der Waals surface area (Å²) in [6, 6.07) is 12.0. The van der Waals surface area contributed by atoms with Gasteiger partial charge in [-0.2, -0.15) is 0 Å². The van der Waals surface area contributed by atoms with Crippen LogP contribution in [0.4, 0.5) is 5.69 Å². The first-order chi connectivity index (χ1) is 12.4. The SMILES string of the molecule is Cc1cccc(N2C(=O)C(SCCO)=C(c3ccc(Cl)cc3Cl)C2=O)c1. The normalized spacial score (nSPS) is 14.5. The van der Waals surface area contributed by atoms with E-state index in [0.29, 0.717) is 27.0 Å². The summed E-state index contributed by atoms with van der Waals surface area (Å²) < 4.78 is 0. The molecule has 134 valence electrons. The van der Waals surface area contributed by atoms with Crippen molar-refractivity contribution in [3.8, 4) is 0 Å². The van der Waals surface area contributed by atoms with E-state index in [1.165, 1.54) is 6.07 Å². The Hall–Kier alpha value is -1.79. The van der Waals surface area contributed by atoms with E-state index in [4.69, 9.17) is 28.3 Å². The average Bonchev–Trinajstić information content (AvgIpc) is 2.83. The number of benzene rings is 2. The van der Waals surface area contributed by atoms with Gasteiger partial charge >= 0.3 is 0 Å². The van der Waals surface area contributed by atoms with Gasteiger partial charge in [-0.15, -0.1) is 11.8 Å². The van der Waals surface area contributed by atoms with Crippen LogP contribution in [0.2, 0.25) is 10.0 Å². The highest BCUT2D eigenvalue weighted by Crippen LogP contribution is 2.41. The Labute approximate surface area is 165 Å². The maximum Gasteiger partial charge on any atom is 0.272 e. The minimum absolute atomic E-state index is 0.109. The highest BCUT2D eigenvalue weighted by atomic mass is 35.5. The van der Waals surface area contributed by atoms with Crippen LogP contribution in [0, 0.1) is 6.92 Å². The summed E-state index contributed by atoms with van der Waals surface area (Å²) in [7, 11) is 0. The van der Waals surface area contributed by atoms with Crippen molar-refractivity contribution in [2.24, 2.45) is 0 Å². The fourth-order valence-electron chi connectivity index (χ4n) is 2.72. The molecule has 1 aliphatic heterocycles. The van der Waals surface area contributed by atoms with Crippen LogP contribution in [-0.2, 0) is 9.59 Å². The molecule has 0 radical (unpaired) electrons. The van der Waals surface area contributed by atoms with Crippen LogP contribution in [0.1, 0.15) is 11.1 Å². The summed E-state index contributed by atoms with van der Waals surface area (Å²) in [6.07, 6.45) is 0. The number of halogens is 2. The Bertz CT molecular complexity index is 927. The minimum Gasteiger partial charge on any atom is -0.396 e. The topological polar surface area (TPSA) is 57.6 Å². The summed E-state index contributed by atoms with van der Waals surface area (Å²) in [4.78, 5) is 27.5. The number of thioether (sulfide) groups is 1. The lowest BCUT2D eigenvalue weighted by Gasteiger charge is -2.16. The molecule has 0 bridgehead atoms. The maximum atomic E-state index is 13.1. The third-order valence-corrected chi connectivity index (χ3v) is 5.44. The number of nitrogens with zero attached hydrogens (tertiary/aromatic N) is 1. The molecule has 1 N–H and O–H groups in total. The van der Waals surface area contributed by atoms with E-state index in [1.807, 2.05) is 13.0 Å². The zero-order valence-electron chi connectivity index (χ0n) is 13.8. The quantitative estimate of drug-likeness (QED) is 0.750. The summed E-state index contributed by atoms with van der Waals surface area (Å²) in [5, 5.41) is 9.88. The Balaban J connectivity index is 2.12. The number of imide groups is 1. The van der Waals surface area contributed by atoms with E-state index >= 15 is 0 Å². The summed E-state index contributed by atoms with van der Waals surface area (Å²) in [5.41, 5.74) is 2.12. The molecule has 0 aromatic heterocycles. The van der Waals surface area contributed by atoms with Crippen molar-refractivity contribution in [2.75, 3.05) is 17.3 Å². The van der Waals surface area contributed by atoms with Crippen molar-refractivity contribution in [3.05, 3.63) is 68.5 Å². The van der Waals surface area contributed by atoms with E-state index in [1.54, 1.807) is 30.3 Å². The average molecular weight is 408 g/mol. The van der Waals surface area contributed by atoms with Gasteiger partial charge in [-0.05, 0) is 36.8 Å². The number of carbonyl (C=O) groups is 2. The van der Waals surface area contributed by atoms with Crippen LogP contribution >= 0.6 is 35.0 Å². The number of aliphatic hydroxyl groups is 1. The van der Waals surface area contributed by atoms with Gasteiger partial charge in [-0.1, -0.05) is 41.4 Å². The van der Waals surface area contributed by atoms with Gasteiger partial charge in [0.05, 0.1) is 27.8 Å².